The molecule has 0 radical (unpaired) electrons. The number of nitro groups is 1. The Labute approximate surface area is 146 Å². The van der Waals surface area contributed by atoms with Crippen LogP contribution in [0.25, 0.3) is 0 Å². The van der Waals surface area contributed by atoms with Crippen molar-refractivity contribution in [3.63, 3.8) is 0 Å². The monoisotopic (exact) mass is 352 g/mol. The van der Waals surface area contributed by atoms with Crippen molar-refractivity contribution >= 4 is 18.1 Å². The van der Waals surface area contributed by atoms with Gasteiger partial charge in [0.25, 0.3) is 5.69 Å². The number of nitrogens with zero attached hydrogens (tertiary/aromatic N) is 1. The van der Waals surface area contributed by atoms with Gasteiger partial charge in [0.05, 0.1) is 17.1 Å². The van der Waals surface area contributed by atoms with Gasteiger partial charge < -0.3 is 14.8 Å². The molecule has 1 N–H and O–H groups in total. The van der Waals surface area contributed by atoms with Crippen LogP contribution >= 0.6 is 0 Å². The van der Waals surface area contributed by atoms with Gasteiger partial charge in [0, 0.05) is 19.2 Å². The summed E-state index contributed by atoms with van der Waals surface area (Å²) in [4.78, 5) is 32.5. The van der Waals surface area contributed by atoms with Gasteiger partial charge in [-0.1, -0.05) is 6.07 Å². The average molecular weight is 352 g/mol. The van der Waals surface area contributed by atoms with Gasteiger partial charge in [0.2, 0.25) is 0 Å². The molecule has 0 saturated carbocycles. The number of hydrogen-bond acceptors (Lipinski definition) is 6. The van der Waals surface area contributed by atoms with Gasteiger partial charge in [-0.05, 0) is 45.2 Å². The molecule has 0 bridgehead atoms. The first kappa shape index (κ1) is 20.6. The van der Waals surface area contributed by atoms with Crippen LogP contribution in [0.3, 0.4) is 0 Å². The number of aldehydes is 1. The first-order valence-electron chi connectivity index (χ1n) is 8.00. The van der Waals surface area contributed by atoms with Crippen LogP contribution < -0.4 is 5.32 Å². The van der Waals surface area contributed by atoms with Crippen LogP contribution in [0.1, 0.15) is 43.1 Å². The molecule has 0 heterocycles. The first-order chi connectivity index (χ1) is 11.7. The van der Waals surface area contributed by atoms with Crippen LogP contribution in [0.15, 0.2) is 18.2 Å². The summed E-state index contributed by atoms with van der Waals surface area (Å²) in [5.74, 6) is 0. The predicted octanol–water partition coefficient (Wildman–Crippen LogP) is 2.88. The minimum absolute atomic E-state index is 0.0582. The largest absolute Gasteiger partial charge is 0.444 e. The Morgan fingerprint density at radius 3 is 2.64 bits per heavy atom. The SMILES string of the molecule is CC(C)(C)OC(=O)NCCCOCCc1ccc(C=O)c([N+](=O)[O-])c1. The van der Waals surface area contributed by atoms with E-state index >= 15 is 0 Å². The number of benzene rings is 1. The summed E-state index contributed by atoms with van der Waals surface area (Å²) >= 11 is 0. The Morgan fingerprint density at radius 2 is 2.04 bits per heavy atom. The first-order valence-corrected chi connectivity index (χ1v) is 8.00. The second kappa shape index (κ2) is 9.73. The molecule has 25 heavy (non-hydrogen) atoms. The van der Waals surface area contributed by atoms with Crippen LogP contribution in [0, 0.1) is 10.1 Å². The van der Waals surface area contributed by atoms with Crippen molar-refractivity contribution in [2.45, 2.75) is 39.2 Å². The standard InChI is InChI=1S/C17H24N2O6/c1-17(2,3)25-16(21)18-8-4-9-24-10-7-13-5-6-14(12-20)15(11-13)19(22)23/h5-6,11-12H,4,7-10H2,1-3H3,(H,18,21). The zero-order chi connectivity index (χ0) is 18.9. The molecule has 8 nitrogen and oxygen atoms in total. The number of nitrogens with one attached hydrogen (secondary N) is 1. The second-order valence-corrected chi connectivity index (χ2v) is 6.41. The van der Waals surface area contributed by atoms with Gasteiger partial charge in [-0.25, -0.2) is 4.79 Å². The maximum Gasteiger partial charge on any atom is 0.407 e. The Bertz CT molecular complexity index is 610. The molecule has 0 aliphatic carbocycles. The Morgan fingerprint density at radius 1 is 1.32 bits per heavy atom. The van der Waals surface area contributed by atoms with E-state index in [1.54, 1.807) is 26.8 Å². The van der Waals surface area contributed by atoms with E-state index in [9.17, 15) is 19.7 Å². The number of carbonyl (C=O) groups is 2. The summed E-state index contributed by atoms with van der Waals surface area (Å²) < 4.78 is 10.5. The number of ether oxygens (including phenoxy) is 2. The van der Waals surface area contributed by atoms with E-state index < -0.39 is 16.6 Å². The lowest BCUT2D eigenvalue weighted by atomic mass is 10.1. The fourth-order valence-corrected chi connectivity index (χ4v) is 1.97. The second-order valence-electron chi connectivity index (χ2n) is 6.41. The normalized spacial score (nSPS) is 11.0. The third kappa shape index (κ3) is 8.25. The lowest BCUT2D eigenvalue weighted by molar-refractivity contribution is -0.385. The summed E-state index contributed by atoms with van der Waals surface area (Å²) in [5.41, 5.74) is 0.0592. The molecule has 1 aromatic carbocycles. The molecule has 1 amide bonds. The number of amides is 1. The number of hydrogen-bond donors (Lipinski definition) is 1. The molecule has 0 aromatic heterocycles. The van der Waals surface area contributed by atoms with Crippen LogP contribution in [0.4, 0.5) is 10.5 Å². The Kier molecular flexibility index (Phi) is 8.00. The smallest absolute Gasteiger partial charge is 0.407 e. The molecule has 1 aromatic rings. The van der Waals surface area contributed by atoms with Crippen molar-refractivity contribution in [1.29, 1.82) is 0 Å². The summed E-state index contributed by atoms with van der Waals surface area (Å²) in [6.07, 6.45) is 1.13. The van der Waals surface area contributed by atoms with E-state index in [1.807, 2.05) is 0 Å². The molecule has 8 heteroatoms. The van der Waals surface area contributed by atoms with Crippen molar-refractivity contribution in [3.05, 3.63) is 39.4 Å². The lowest BCUT2D eigenvalue weighted by Crippen LogP contribution is -2.33. The fourth-order valence-electron chi connectivity index (χ4n) is 1.97. The van der Waals surface area contributed by atoms with Crippen molar-refractivity contribution in [2.24, 2.45) is 0 Å². The molecule has 0 fully saturated rings. The van der Waals surface area contributed by atoms with Crippen molar-refractivity contribution in [1.82, 2.24) is 5.32 Å². The minimum Gasteiger partial charge on any atom is -0.444 e. The quantitative estimate of drug-likeness (QED) is 0.317. The molecule has 0 aliphatic heterocycles. The van der Waals surface area contributed by atoms with Crippen LogP contribution in [-0.4, -0.2) is 42.7 Å². The van der Waals surface area contributed by atoms with Crippen molar-refractivity contribution in [3.8, 4) is 0 Å². The van der Waals surface area contributed by atoms with E-state index in [0.29, 0.717) is 38.9 Å². The molecule has 1 rings (SSSR count). The Hall–Kier alpha value is -2.48. The van der Waals surface area contributed by atoms with Crippen LogP contribution in [-0.2, 0) is 15.9 Å². The third-order valence-electron chi connectivity index (χ3n) is 3.09. The maximum atomic E-state index is 11.4. The molecular weight excluding hydrogens is 328 g/mol. The van der Waals surface area contributed by atoms with E-state index in [1.165, 1.54) is 12.1 Å². The molecule has 0 atom stereocenters. The summed E-state index contributed by atoms with van der Waals surface area (Å²) in [5, 5.41) is 13.5. The average Bonchev–Trinajstić information content (AvgIpc) is 2.52. The number of nitro benzene ring substituents is 1. The van der Waals surface area contributed by atoms with Crippen molar-refractivity contribution < 1.29 is 24.0 Å². The van der Waals surface area contributed by atoms with Gasteiger partial charge in [0.1, 0.15) is 5.60 Å². The predicted molar refractivity (Wildman–Crippen MR) is 91.9 cm³/mol. The van der Waals surface area contributed by atoms with E-state index in [2.05, 4.69) is 5.32 Å². The number of rotatable bonds is 9. The highest BCUT2D eigenvalue weighted by atomic mass is 16.6. The number of carbonyl (C=O) groups excluding carboxylic acids is 2. The zero-order valence-corrected chi connectivity index (χ0v) is 14.7. The van der Waals surface area contributed by atoms with Gasteiger partial charge in [-0.2, -0.15) is 0 Å². The van der Waals surface area contributed by atoms with E-state index in [-0.39, 0.29) is 11.3 Å². The van der Waals surface area contributed by atoms with Gasteiger partial charge >= 0.3 is 6.09 Å². The van der Waals surface area contributed by atoms with Crippen molar-refractivity contribution in [2.75, 3.05) is 19.8 Å². The van der Waals surface area contributed by atoms with Crippen LogP contribution in [0.5, 0.6) is 0 Å². The van der Waals surface area contributed by atoms with E-state index in [0.717, 1.165) is 5.56 Å². The summed E-state index contributed by atoms with van der Waals surface area (Å²) in [6, 6.07) is 4.49. The summed E-state index contributed by atoms with van der Waals surface area (Å²) in [7, 11) is 0. The molecule has 0 spiro atoms. The molecule has 0 unspecified atom stereocenters. The Balaban J connectivity index is 2.24. The number of alkyl carbamates (subject to hydrolysis) is 1. The molecular formula is C17H24N2O6. The molecule has 0 saturated heterocycles. The minimum atomic E-state index is -0.573. The van der Waals surface area contributed by atoms with E-state index in [4.69, 9.17) is 9.47 Å². The highest BCUT2D eigenvalue weighted by Gasteiger charge is 2.15. The highest BCUT2D eigenvalue weighted by molar-refractivity contribution is 5.81. The maximum absolute atomic E-state index is 11.4. The van der Waals surface area contributed by atoms with Crippen LogP contribution in [0.2, 0.25) is 0 Å². The van der Waals surface area contributed by atoms with Gasteiger partial charge in [-0.15, -0.1) is 0 Å². The topological polar surface area (TPSA) is 108 Å². The van der Waals surface area contributed by atoms with Gasteiger partial charge in [-0.3, -0.25) is 14.9 Å². The molecule has 138 valence electrons. The lowest BCUT2D eigenvalue weighted by Gasteiger charge is -2.19. The molecule has 0 aliphatic rings. The third-order valence-corrected chi connectivity index (χ3v) is 3.09. The fraction of sp³-hybridized carbons (Fsp3) is 0.529. The zero-order valence-electron chi connectivity index (χ0n) is 14.7. The highest BCUT2D eigenvalue weighted by Crippen LogP contribution is 2.19. The van der Waals surface area contributed by atoms with Gasteiger partial charge in [0.15, 0.2) is 6.29 Å². The summed E-state index contributed by atoms with van der Waals surface area (Å²) in [6.45, 7) is 6.66.